The molecule has 9 rings (SSSR count). The lowest BCUT2D eigenvalue weighted by molar-refractivity contribution is -0.124. The first-order valence-corrected chi connectivity index (χ1v) is 15.2. The summed E-state index contributed by atoms with van der Waals surface area (Å²) >= 11 is 5.92. The first kappa shape index (κ1) is 27.0. The molecule has 1 aromatic heterocycles. The van der Waals surface area contributed by atoms with E-state index in [-0.39, 0.29) is 46.8 Å². The molecule has 3 fully saturated rings. The fourth-order valence-electron chi connectivity index (χ4n) is 7.63. The van der Waals surface area contributed by atoms with Crippen molar-refractivity contribution in [1.29, 1.82) is 0 Å². The average Bonchev–Trinajstić information content (AvgIpc) is 3.82. The molecular formula is C36H27ClN2O5. The zero-order valence-electron chi connectivity index (χ0n) is 23.8. The molecule has 1 aliphatic heterocycles. The highest BCUT2D eigenvalue weighted by Crippen LogP contribution is 2.65. The van der Waals surface area contributed by atoms with Gasteiger partial charge in [-0.05, 0) is 85.0 Å². The highest BCUT2D eigenvalue weighted by atomic mass is 35.5. The minimum atomic E-state index is -0.639. The number of amides is 2. The molecule has 4 aromatic rings. The molecule has 0 radical (unpaired) electrons. The third-order valence-electron chi connectivity index (χ3n) is 9.85. The molecule has 5 aliphatic rings. The van der Waals surface area contributed by atoms with Gasteiger partial charge in [-0.15, -0.1) is 0 Å². The number of anilines is 1. The maximum atomic E-state index is 13.6. The van der Waals surface area contributed by atoms with Gasteiger partial charge in [-0.1, -0.05) is 54.1 Å². The van der Waals surface area contributed by atoms with Gasteiger partial charge < -0.3 is 4.74 Å². The van der Waals surface area contributed by atoms with Crippen LogP contribution in [-0.4, -0.2) is 35.2 Å². The summed E-state index contributed by atoms with van der Waals surface area (Å²) in [7, 11) is 0. The van der Waals surface area contributed by atoms with Gasteiger partial charge in [-0.2, -0.15) is 0 Å². The molecule has 44 heavy (non-hydrogen) atoms. The van der Waals surface area contributed by atoms with Crippen LogP contribution < -0.4 is 4.90 Å². The van der Waals surface area contributed by atoms with Crippen LogP contribution in [0.1, 0.15) is 32.7 Å². The fourth-order valence-corrected chi connectivity index (χ4v) is 7.76. The summed E-state index contributed by atoms with van der Waals surface area (Å²) in [4.78, 5) is 59.3. The Morgan fingerprint density at radius 1 is 0.909 bits per heavy atom. The van der Waals surface area contributed by atoms with Crippen molar-refractivity contribution in [3.8, 4) is 11.3 Å². The number of nitrogens with zero attached hydrogens (tertiary/aromatic N) is 2. The first-order chi connectivity index (χ1) is 21.3. The number of aryl methyl sites for hydroxylation is 1. The molecule has 3 aromatic carbocycles. The third-order valence-corrected chi connectivity index (χ3v) is 10.1. The highest BCUT2D eigenvalue weighted by molar-refractivity contribution is 6.30. The van der Waals surface area contributed by atoms with Gasteiger partial charge in [0.05, 0.1) is 34.3 Å². The minimum Gasteiger partial charge on any atom is -0.454 e. The number of benzene rings is 3. The molecule has 0 spiro atoms. The lowest BCUT2D eigenvalue weighted by Crippen LogP contribution is -2.40. The van der Waals surface area contributed by atoms with Gasteiger partial charge in [0, 0.05) is 21.5 Å². The number of hydrogen-bond acceptors (Lipinski definition) is 6. The fraction of sp³-hybridized carbons (Fsp3) is 0.250. The second kappa shape index (κ2) is 9.96. The Labute approximate surface area is 258 Å². The summed E-state index contributed by atoms with van der Waals surface area (Å²) < 4.78 is 5.47. The van der Waals surface area contributed by atoms with Crippen LogP contribution in [0.25, 0.3) is 22.2 Å². The molecule has 2 saturated carbocycles. The van der Waals surface area contributed by atoms with Crippen LogP contribution in [-0.2, 0) is 14.3 Å². The van der Waals surface area contributed by atoms with Crippen molar-refractivity contribution in [2.45, 2.75) is 13.3 Å². The Kier molecular flexibility index (Phi) is 6.10. The summed E-state index contributed by atoms with van der Waals surface area (Å²) in [6.07, 6.45) is 5.46. The number of fused-ring (bicyclic) bond motifs is 1. The number of carbonyl (C=O) groups excluding carboxylic acids is 4. The Bertz CT molecular complexity index is 1900. The van der Waals surface area contributed by atoms with Crippen LogP contribution in [0.15, 0.2) is 84.9 Å². The van der Waals surface area contributed by atoms with E-state index in [1.807, 2.05) is 31.2 Å². The lowest BCUT2D eigenvalue weighted by atomic mass is 9.63. The molecule has 2 amide bonds. The largest absolute Gasteiger partial charge is 0.454 e. The van der Waals surface area contributed by atoms with E-state index in [0.717, 1.165) is 12.0 Å². The number of aromatic nitrogens is 1. The van der Waals surface area contributed by atoms with E-state index in [2.05, 4.69) is 12.2 Å². The maximum Gasteiger partial charge on any atom is 0.339 e. The predicted octanol–water partition coefficient (Wildman–Crippen LogP) is 6.46. The van der Waals surface area contributed by atoms with E-state index in [4.69, 9.17) is 21.3 Å². The number of ether oxygens (including phenoxy) is 1. The van der Waals surface area contributed by atoms with Crippen LogP contribution in [0.2, 0.25) is 5.02 Å². The van der Waals surface area contributed by atoms with Crippen molar-refractivity contribution >= 4 is 51.8 Å². The highest BCUT2D eigenvalue weighted by Gasteiger charge is 2.67. The van der Waals surface area contributed by atoms with Crippen molar-refractivity contribution in [3.05, 3.63) is 107 Å². The summed E-state index contributed by atoms with van der Waals surface area (Å²) in [6.45, 7) is 1.50. The van der Waals surface area contributed by atoms with E-state index in [1.165, 1.54) is 4.90 Å². The van der Waals surface area contributed by atoms with Gasteiger partial charge in [0.25, 0.3) is 0 Å². The zero-order chi connectivity index (χ0) is 30.3. The van der Waals surface area contributed by atoms with Crippen molar-refractivity contribution in [1.82, 2.24) is 4.98 Å². The van der Waals surface area contributed by atoms with E-state index in [0.29, 0.717) is 50.3 Å². The van der Waals surface area contributed by atoms with E-state index in [1.54, 1.807) is 48.5 Å². The minimum absolute atomic E-state index is 0.102. The topological polar surface area (TPSA) is 93.6 Å². The summed E-state index contributed by atoms with van der Waals surface area (Å²) in [5.41, 5.74) is 3.99. The van der Waals surface area contributed by atoms with E-state index >= 15 is 0 Å². The molecule has 6 atom stereocenters. The Morgan fingerprint density at radius 2 is 1.57 bits per heavy atom. The standard InChI is InChI=1S/C36H27ClN2O5/c1-18-3-2-4-25-28(36(43)44-17-30(40)20-5-9-21(37)10-6-20)16-29(38-33(18)25)19-7-11-22(12-8-19)39-34(41)31-23-13-14-24(27-15-26(23)27)32(31)35(39)42/h2-14,16,23-24,26-27,31-32H,15,17H2,1H3. The Balaban J connectivity index is 1.07. The zero-order valence-corrected chi connectivity index (χ0v) is 24.5. The predicted molar refractivity (Wildman–Crippen MR) is 165 cm³/mol. The number of halogens is 1. The normalized spacial score (nSPS) is 26.1. The van der Waals surface area contributed by atoms with Crippen LogP contribution in [0.5, 0.6) is 0 Å². The van der Waals surface area contributed by atoms with Gasteiger partial charge in [0.1, 0.15) is 0 Å². The monoisotopic (exact) mass is 602 g/mol. The summed E-state index contributed by atoms with van der Waals surface area (Å²) in [5, 5.41) is 1.13. The second-order valence-electron chi connectivity index (χ2n) is 12.2. The Morgan fingerprint density at radius 3 is 2.23 bits per heavy atom. The molecule has 4 aliphatic carbocycles. The molecule has 2 heterocycles. The smallest absolute Gasteiger partial charge is 0.339 e. The molecule has 7 nitrogen and oxygen atoms in total. The molecular weight excluding hydrogens is 576 g/mol. The van der Waals surface area contributed by atoms with Crippen LogP contribution >= 0.6 is 11.6 Å². The number of Topliss-reactive ketones (excluding diaryl/α,β-unsaturated/α-hetero) is 1. The number of imide groups is 1. The lowest BCUT2D eigenvalue weighted by Gasteiger charge is -2.37. The molecule has 8 heteroatoms. The van der Waals surface area contributed by atoms with Gasteiger partial charge >= 0.3 is 5.97 Å². The summed E-state index contributed by atoms with van der Waals surface area (Å²) in [5.74, 6) is -0.274. The van der Waals surface area contributed by atoms with Crippen molar-refractivity contribution in [3.63, 3.8) is 0 Å². The number of allylic oxidation sites excluding steroid dienone is 2. The van der Waals surface area contributed by atoms with Crippen molar-refractivity contribution in [2.75, 3.05) is 11.5 Å². The SMILES string of the molecule is Cc1cccc2c(C(=O)OCC(=O)c3ccc(Cl)cc3)cc(-c3ccc(N4C(=O)C5C6C=CC(C7CC67)C5C4=O)cc3)nc12. The maximum absolute atomic E-state index is 13.6. The van der Waals surface area contributed by atoms with Crippen LogP contribution in [0.3, 0.4) is 0 Å². The number of ketones is 1. The van der Waals surface area contributed by atoms with Crippen LogP contribution in [0, 0.1) is 42.4 Å². The first-order valence-electron chi connectivity index (χ1n) is 14.8. The second-order valence-corrected chi connectivity index (χ2v) is 12.7. The van der Waals surface area contributed by atoms with Gasteiger partial charge in [0.2, 0.25) is 11.8 Å². The van der Waals surface area contributed by atoms with Crippen molar-refractivity contribution < 1.29 is 23.9 Å². The van der Waals surface area contributed by atoms with Crippen LogP contribution in [0.4, 0.5) is 5.69 Å². The Hall–Kier alpha value is -4.62. The number of esters is 1. The molecule has 218 valence electrons. The van der Waals surface area contributed by atoms with E-state index in [9.17, 15) is 19.2 Å². The van der Waals surface area contributed by atoms with Gasteiger partial charge in [-0.25, -0.2) is 9.78 Å². The average molecular weight is 603 g/mol. The molecule has 1 saturated heterocycles. The number of hydrogen-bond donors (Lipinski definition) is 0. The molecule has 0 N–H and O–H groups in total. The summed E-state index contributed by atoms with van der Waals surface area (Å²) in [6, 6.07) is 20.8. The number of pyridine rings is 1. The number of rotatable bonds is 6. The molecule has 2 bridgehead atoms. The van der Waals surface area contributed by atoms with Gasteiger partial charge in [-0.3, -0.25) is 19.3 Å². The van der Waals surface area contributed by atoms with Gasteiger partial charge in [0.15, 0.2) is 12.4 Å². The third kappa shape index (κ3) is 4.14. The number of carbonyl (C=O) groups is 4. The quantitative estimate of drug-likeness (QED) is 0.109. The van der Waals surface area contributed by atoms with E-state index < -0.39 is 12.6 Å². The number of para-hydroxylation sites is 1. The van der Waals surface area contributed by atoms with Crippen molar-refractivity contribution in [2.24, 2.45) is 35.5 Å². The molecule has 6 unspecified atom stereocenters.